The summed E-state index contributed by atoms with van der Waals surface area (Å²) in [6, 6.07) is 0. The lowest BCUT2D eigenvalue weighted by Crippen LogP contribution is -1.88. The average molecular weight is 315 g/mol. The minimum Gasteiger partial charge on any atom is -0.504 e. The molecular formula is C10H11BrN4O3. The van der Waals surface area contributed by atoms with Crippen molar-refractivity contribution in [2.24, 2.45) is 10.2 Å². The summed E-state index contributed by atoms with van der Waals surface area (Å²) in [6.45, 7) is 4.07. The third-order valence-corrected chi connectivity index (χ3v) is 3.28. The molecule has 0 radical (unpaired) electrons. The van der Waals surface area contributed by atoms with Crippen molar-refractivity contribution in [2.75, 3.05) is 0 Å². The molecule has 0 unspecified atom stereocenters. The number of aryl methyl sites for hydroxylation is 2. The Bertz CT molecular complexity index is 603. The molecule has 0 spiro atoms. The van der Waals surface area contributed by atoms with Gasteiger partial charge >= 0.3 is 0 Å². The first-order chi connectivity index (χ1) is 8.54. The van der Waals surface area contributed by atoms with E-state index in [1.54, 1.807) is 6.92 Å². The van der Waals surface area contributed by atoms with Gasteiger partial charge in [0.25, 0.3) is 0 Å². The van der Waals surface area contributed by atoms with Crippen molar-refractivity contribution >= 4 is 27.4 Å². The molecule has 2 aromatic rings. The van der Waals surface area contributed by atoms with E-state index in [-0.39, 0.29) is 23.1 Å². The van der Waals surface area contributed by atoms with Crippen LogP contribution < -0.4 is 0 Å². The molecule has 2 N–H and O–H groups in total. The lowest BCUT2D eigenvalue weighted by molar-refractivity contribution is 0.398. The molecule has 0 aliphatic heterocycles. The second-order valence-corrected chi connectivity index (χ2v) is 4.34. The van der Waals surface area contributed by atoms with Crippen LogP contribution in [0, 0.1) is 6.92 Å². The first-order valence-electron chi connectivity index (χ1n) is 5.19. The molecule has 2 rings (SSSR count). The van der Waals surface area contributed by atoms with E-state index in [2.05, 4.69) is 31.3 Å². The summed E-state index contributed by atoms with van der Waals surface area (Å²) >= 11 is 3.24. The summed E-state index contributed by atoms with van der Waals surface area (Å²) in [4.78, 5) is 0. The van der Waals surface area contributed by atoms with Crippen LogP contribution in [0.5, 0.6) is 11.6 Å². The lowest BCUT2D eigenvalue weighted by Gasteiger charge is -1.97. The monoisotopic (exact) mass is 314 g/mol. The first-order valence-corrected chi connectivity index (χ1v) is 5.98. The molecule has 0 fully saturated rings. The number of aromatic hydroxyl groups is 2. The van der Waals surface area contributed by atoms with Crippen LogP contribution >= 0.6 is 15.9 Å². The van der Waals surface area contributed by atoms with Gasteiger partial charge in [-0.15, -0.1) is 10.2 Å². The summed E-state index contributed by atoms with van der Waals surface area (Å²) in [5.41, 5.74) is 0.00408. The maximum Gasteiger partial charge on any atom is 0.231 e. The number of hydrogen-bond acceptors (Lipinski definition) is 6. The van der Waals surface area contributed by atoms with Gasteiger partial charge in [0, 0.05) is 6.54 Å². The van der Waals surface area contributed by atoms with E-state index in [1.165, 1.54) is 10.8 Å². The molecule has 0 aliphatic rings. The van der Waals surface area contributed by atoms with Crippen LogP contribution in [-0.4, -0.2) is 19.9 Å². The molecule has 8 heteroatoms. The van der Waals surface area contributed by atoms with Crippen LogP contribution in [0.2, 0.25) is 0 Å². The van der Waals surface area contributed by atoms with Crippen molar-refractivity contribution in [1.82, 2.24) is 9.72 Å². The van der Waals surface area contributed by atoms with E-state index >= 15 is 0 Å². The second kappa shape index (κ2) is 4.81. The second-order valence-electron chi connectivity index (χ2n) is 3.55. The van der Waals surface area contributed by atoms with Crippen molar-refractivity contribution < 1.29 is 14.7 Å². The Balaban J connectivity index is 2.34. The van der Waals surface area contributed by atoms with Gasteiger partial charge in [-0.2, -0.15) is 0 Å². The Morgan fingerprint density at radius 1 is 1.44 bits per heavy atom. The molecule has 18 heavy (non-hydrogen) atoms. The van der Waals surface area contributed by atoms with Crippen LogP contribution in [0.1, 0.15) is 12.7 Å². The minimum absolute atomic E-state index is 0.00408. The molecule has 7 nitrogen and oxygen atoms in total. The van der Waals surface area contributed by atoms with E-state index in [0.29, 0.717) is 16.8 Å². The summed E-state index contributed by atoms with van der Waals surface area (Å²) < 4.78 is 6.92. The number of nitrogens with zero attached hydrogens (tertiary/aromatic N) is 4. The standard InChI is InChI=1S/C10H11BrN4O3/c1-3-15-4-6(16)8(10(15)17)12-13-9-7(11)5(2)18-14-9/h4,16-17H,3H2,1-2H3. The van der Waals surface area contributed by atoms with Crippen LogP contribution in [-0.2, 0) is 6.54 Å². The molecule has 2 aromatic heterocycles. The zero-order valence-corrected chi connectivity index (χ0v) is 11.3. The highest BCUT2D eigenvalue weighted by Gasteiger charge is 2.14. The number of halogens is 1. The van der Waals surface area contributed by atoms with E-state index in [0.717, 1.165) is 0 Å². The van der Waals surface area contributed by atoms with Crippen molar-refractivity contribution in [2.45, 2.75) is 20.4 Å². The predicted molar refractivity (Wildman–Crippen MR) is 66.6 cm³/mol. The third-order valence-electron chi connectivity index (χ3n) is 2.36. The molecule has 0 atom stereocenters. The molecule has 0 aromatic carbocycles. The number of aromatic nitrogens is 2. The highest BCUT2D eigenvalue weighted by molar-refractivity contribution is 9.10. The van der Waals surface area contributed by atoms with Crippen molar-refractivity contribution in [3.8, 4) is 11.6 Å². The Morgan fingerprint density at radius 2 is 2.17 bits per heavy atom. The van der Waals surface area contributed by atoms with Gasteiger partial charge in [-0.05, 0) is 29.8 Å². The van der Waals surface area contributed by atoms with Gasteiger partial charge < -0.3 is 19.3 Å². The smallest absolute Gasteiger partial charge is 0.231 e. The van der Waals surface area contributed by atoms with Crippen molar-refractivity contribution in [1.29, 1.82) is 0 Å². The molecule has 2 heterocycles. The van der Waals surface area contributed by atoms with E-state index < -0.39 is 0 Å². The van der Waals surface area contributed by atoms with Gasteiger partial charge in [0.1, 0.15) is 10.2 Å². The van der Waals surface area contributed by atoms with E-state index in [4.69, 9.17) is 4.52 Å². The first kappa shape index (κ1) is 12.6. The molecule has 0 aliphatic carbocycles. The maximum atomic E-state index is 9.76. The van der Waals surface area contributed by atoms with E-state index in [9.17, 15) is 10.2 Å². The van der Waals surface area contributed by atoms with Gasteiger partial charge in [-0.3, -0.25) is 0 Å². The highest BCUT2D eigenvalue weighted by Crippen LogP contribution is 2.39. The SMILES string of the molecule is CCn1cc(O)c(N=Nc2noc(C)c2Br)c1O. The summed E-state index contributed by atoms with van der Waals surface area (Å²) in [5, 5.41) is 30.6. The van der Waals surface area contributed by atoms with Gasteiger partial charge in [0.05, 0.1) is 6.20 Å². The molecule has 96 valence electrons. The fourth-order valence-corrected chi connectivity index (χ4v) is 1.59. The topological polar surface area (TPSA) is 96.1 Å². The highest BCUT2D eigenvalue weighted by atomic mass is 79.9. The Hall–Kier alpha value is -1.83. The minimum atomic E-state index is -0.144. The molecular weight excluding hydrogens is 304 g/mol. The van der Waals surface area contributed by atoms with Gasteiger partial charge in [-0.25, -0.2) is 0 Å². The zero-order chi connectivity index (χ0) is 13.3. The van der Waals surface area contributed by atoms with Crippen LogP contribution in [0.25, 0.3) is 0 Å². The number of azo groups is 1. The van der Waals surface area contributed by atoms with Gasteiger partial charge in [0.15, 0.2) is 11.4 Å². The summed E-state index contributed by atoms with van der Waals surface area (Å²) in [7, 11) is 0. The molecule has 0 amide bonds. The van der Waals surface area contributed by atoms with E-state index in [1.807, 2.05) is 6.92 Å². The van der Waals surface area contributed by atoms with Gasteiger partial charge in [0.2, 0.25) is 11.7 Å². The fraction of sp³-hybridized carbons (Fsp3) is 0.300. The maximum absolute atomic E-state index is 9.76. The Morgan fingerprint density at radius 3 is 2.67 bits per heavy atom. The predicted octanol–water partition coefficient (Wildman–Crippen LogP) is 3.39. The largest absolute Gasteiger partial charge is 0.504 e. The summed E-state index contributed by atoms with van der Waals surface area (Å²) in [6.07, 6.45) is 1.38. The lowest BCUT2D eigenvalue weighted by atomic mass is 10.5. The number of hydrogen-bond donors (Lipinski definition) is 2. The Labute approximate surface area is 111 Å². The van der Waals surface area contributed by atoms with Crippen LogP contribution in [0.4, 0.5) is 11.5 Å². The number of rotatable bonds is 3. The molecule has 0 saturated heterocycles. The zero-order valence-electron chi connectivity index (χ0n) is 9.75. The molecule has 0 bridgehead atoms. The van der Waals surface area contributed by atoms with Crippen LogP contribution in [0.3, 0.4) is 0 Å². The average Bonchev–Trinajstić information content (AvgIpc) is 2.80. The normalized spacial score (nSPS) is 11.5. The van der Waals surface area contributed by atoms with Crippen LogP contribution in [0.15, 0.2) is 25.4 Å². The third kappa shape index (κ3) is 2.10. The molecule has 0 saturated carbocycles. The van der Waals surface area contributed by atoms with Crippen molar-refractivity contribution in [3.05, 3.63) is 16.4 Å². The fourth-order valence-electron chi connectivity index (χ4n) is 1.37. The van der Waals surface area contributed by atoms with Crippen molar-refractivity contribution in [3.63, 3.8) is 0 Å². The quantitative estimate of drug-likeness (QED) is 0.848. The Kier molecular flexibility index (Phi) is 3.37. The van der Waals surface area contributed by atoms with Gasteiger partial charge in [-0.1, -0.05) is 5.16 Å². The summed E-state index contributed by atoms with van der Waals surface area (Å²) in [5.74, 6) is 0.531.